The first-order chi connectivity index (χ1) is 7.63. The SMILES string of the molecule is CCCC[C@H](C)Oc1ccc(C(=O)O)cc1. The summed E-state index contributed by atoms with van der Waals surface area (Å²) in [4.78, 5) is 10.6. The Morgan fingerprint density at radius 2 is 2.00 bits per heavy atom. The van der Waals surface area contributed by atoms with E-state index in [1.54, 1.807) is 24.3 Å². The maximum atomic E-state index is 10.6. The monoisotopic (exact) mass is 222 g/mol. The average Bonchev–Trinajstić information content (AvgIpc) is 2.27. The average molecular weight is 222 g/mol. The summed E-state index contributed by atoms with van der Waals surface area (Å²) in [5.74, 6) is -0.181. The first kappa shape index (κ1) is 12.6. The molecule has 1 rings (SSSR count). The minimum absolute atomic E-state index is 0.177. The van der Waals surface area contributed by atoms with Crippen LogP contribution in [0.5, 0.6) is 5.75 Å². The van der Waals surface area contributed by atoms with Crippen molar-refractivity contribution in [2.75, 3.05) is 0 Å². The normalized spacial score (nSPS) is 12.1. The van der Waals surface area contributed by atoms with Crippen molar-refractivity contribution in [3.05, 3.63) is 29.8 Å². The highest BCUT2D eigenvalue weighted by Gasteiger charge is 2.05. The van der Waals surface area contributed by atoms with E-state index in [2.05, 4.69) is 6.92 Å². The maximum absolute atomic E-state index is 10.6. The molecule has 0 saturated carbocycles. The topological polar surface area (TPSA) is 46.5 Å². The second-order valence-corrected chi connectivity index (χ2v) is 3.90. The van der Waals surface area contributed by atoms with Crippen LogP contribution in [-0.4, -0.2) is 17.2 Å². The molecular formula is C13H18O3. The Morgan fingerprint density at radius 1 is 1.38 bits per heavy atom. The van der Waals surface area contributed by atoms with Gasteiger partial charge >= 0.3 is 5.97 Å². The molecule has 0 aliphatic carbocycles. The van der Waals surface area contributed by atoms with E-state index in [0.717, 1.165) is 25.0 Å². The van der Waals surface area contributed by atoms with Gasteiger partial charge in [-0.3, -0.25) is 0 Å². The van der Waals surface area contributed by atoms with Crippen molar-refractivity contribution in [2.24, 2.45) is 0 Å². The van der Waals surface area contributed by atoms with Gasteiger partial charge in [0.15, 0.2) is 0 Å². The number of ether oxygens (including phenoxy) is 1. The largest absolute Gasteiger partial charge is 0.491 e. The van der Waals surface area contributed by atoms with E-state index in [4.69, 9.17) is 9.84 Å². The van der Waals surface area contributed by atoms with E-state index in [9.17, 15) is 4.79 Å². The summed E-state index contributed by atoms with van der Waals surface area (Å²) >= 11 is 0. The van der Waals surface area contributed by atoms with Crippen LogP contribution in [0.25, 0.3) is 0 Å². The van der Waals surface area contributed by atoms with Crippen molar-refractivity contribution < 1.29 is 14.6 Å². The molecule has 0 heterocycles. The lowest BCUT2D eigenvalue weighted by Crippen LogP contribution is -2.11. The quantitative estimate of drug-likeness (QED) is 0.802. The third kappa shape index (κ3) is 3.93. The van der Waals surface area contributed by atoms with Gasteiger partial charge in [-0.15, -0.1) is 0 Å². The Kier molecular flexibility index (Phi) is 4.83. The van der Waals surface area contributed by atoms with Crippen LogP contribution >= 0.6 is 0 Å². The molecule has 0 aliphatic rings. The van der Waals surface area contributed by atoms with Crippen LogP contribution in [0.3, 0.4) is 0 Å². The van der Waals surface area contributed by atoms with Gasteiger partial charge < -0.3 is 9.84 Å². The van der Waals surface area contributed by atoms with Gasteiger partial charge in [0.1, 0.15) is 5.75 Å². The first-order valence-electron chi connectivity index (χ1n) is 5.63. The van der Waals surface area contributed by atoms with Crippen LogP contribution in [0.15, 0.2) is 24.3 Å². The summed E-state index contributed by atoms with van der Waals surface area (Å²) in [7, 11) is 0. The van der Waals surface area contributed by atoms with Gasteiger partial charge in [-0.1, -0.05) is 19.8 Å². The van der Waals surface area contributed by atoms with Gasteiger partial charge in [-0.2, -0.15) is 0 Å². The molecule has 0 bridgehead atoms. The lowest BCUT2D eigenvalue weighted by Gasteiger charge is -2.14. The standard InChI is InChI=1S/C13H18O3/c1-3-4-5-10(2)16-12-8-6-11(7-9-12)13(14)15/h6-10H,3-5H2,1-2H3,(H,14,15)/t10-/m0/s1. The van der Waals surface area contributed by atoms with E-state index in [-0.39, 0.29) is 11.7 Å². The zero-order chi connectivity index (χ0) is 12.0. The van der Waals surface area contributed by atoms with Crippen LogP contribution in [0.4, 0.5) is 0 Å². The predicted octanol–water partition coefficient (Wildman–Crippen LogP) is 3.34. The Labute approximate surface area is 96.1 Å². The van der Waals surface area contributed by atoms with Gasteiger partial charge in [0.25, 0.3) is 0 Å². The smallest absolute Gasteiger partial charge is 0.335 e. The molecule has 0 aliphatic heterocycles. The number of carboxylic acid groups (broad SMARTS) is 1. The molecule has 0 spiro atoms. The Hall–Kier alpha value is -1.51. The molecular weight excluding hydrogens is 204 g/mol. The number of hydrogen-bond acceptors (Lipinski definition) is 2. The van der Waals surface area contributed by atoms with Crippen LogP contribution in [0.1, 0.15) is 43.5 Å². The van der Waals surface area contributed by atoms with Crippen molar-refractivity contribution in [3.63, 3.8) is 0 Å². The molecule has 1 N–H and O–H groups in total. The number of unbranched alkanes of at least 4 members (excludes halogenated alkanes) is 1. The molecule has 1 atom stereocenters. The van der Waals surface area contributed by atoms with E-state index >= 15 is 0 Å². The van der Waals surface area contributed by atoms with Crippen molar-refractivity contribution in [1.29, 1.82) is 0 Å². The molecule has 16 heavy (non-hydrogen) atoms. The van der Waals surface area contributed by atoms with E-state index < -0.39 is 5.97 Å². The fourth-order valence-corrected chi connectivity index (χ4v) is 1.46. The maximum Gasteiger partial charge on any atom is 0.335 e. The highest BCUT2D eigenvalue weighted by Crippen LogP contribution is 2.15. The number of benzene rings is 1. The zero-order valence-corrected chi connectivity index (χ0v) is 9.77. The van der Waals surface area contributed by atoms with Crippen molar-refractivity contribution in [2.45, 2.75) is 39.2 Å². The molecule has 3 nitrogen and oxygen atoms in total. The minimum atomic E-state index is -0.911. The molecule has 0 saturated heterocycles. The Morgan fingerprint density at radius 3 is 2.50 bits per heavy atom. The number of carbonyl (C=O) groups is 1. The van der Waals surface area contributed by atoms with Crippen LogP contribution in [-0.2, 0) is 0 Å². The second kappa shape index (κ2) is 6.16. The molecule has 0 radical (unpaired) electrons. The molecule has 0 fully saturated rings. The molecule has 1 aromatic carbocycles. The second-order valence-electron chi connectivity index (χ2n) is 3.90. The summed E-state index contributed by atoms with van der Waals surface area (Å²) in [5, 5.41) is 8.73. The lowest BCUT2D eigenvalue weighted by molar-refractivity contribution is 0.0697. The summed E-state index contributed by atoms with van der Waals surface area (Å²) in [5.41, 5.74) is 0.286. The summed E-state index contributed by atoms with van der Waals surface area (Å²) in [6, 6.07) is 6.52. The van der Waals surface area contributed by atoms with Crippen LogP contribution in [0.2, 0.25) is 0 Å². The number of carboxylic acids is 1. The van der Waals surface area contributed by atoms with Gasteiger partial charge in [0, 0.05) is 0 Å². The van der Waals surface area contributed by atoms with Crippen LogP contribution in [0, 0.1) is 0 Å². The molecule has 1 aromatic rings. The van der Waals surface area contributed by atoms with Gasteiger partial charge in [-0.05, 0) is 37.6 Å². The van der Waals surface area contributed by atoms with E-state index in [1.165, 1.54) is 0 Å². The lowest BCUT2D eigenvalue weighted by atomic mass is 10.2. The summed E-state index contributed by atoms with van der Waals surface area (Å²) in [6.45, 7) is 4.18. The van der Waals surface area contributed by atoms with E-state index in [0.29, 0.717) is 0 Å². The van der Waals surface area contributed by atoms with E-state index in [1.807, 2.05) is 6.92 Å². The molecule has 0 amide bonds. The van der Waals surface area contributed by atoms with Gasteiger partial charge in [0.2, 0.25) is 0 Å². The highest BCUT2D eigenvalue weighted by atomic mass is 16.5. The van der Waals surface area contributed by atoms with Crippen molar-refractivity contribution >= 4 is 5.97 Å². The zero-order valence-electron chi connectivity index (χ0n) is 9.77. The van der Waals surface area contributed by atoms with Crippen molar-refractivity contribution in [3.8, 4) is 5.75 Å². The summed E-state index contributed by atoms with van der Waals surface area (Å²) in [6.07, 6.45) is 3.51. The predicted molar refractivity (Wildman–Crippen MR) is 63.0 cm³/mol. The highest BCUT2D eigenvalue weighted by molar-refractivity contribution is 5.87. The summed E-state index contributed by atoms with van der Waals surface area (Å²) < 4.78 is 5.66. The fourth-order valence-electron chi connectivity index (χ4n) is 1.46. The number of hydrogen-bond donors (Lipinski definition) is 1. The Balaban J connectivity index is 2.51. The third-order valence-corrected chi connectivity index (χ3v) is 2.40. The molecule has 3 heteroatoms. The minimum Gasteiger partial charge on any atom is -0.491 e. The van der Waals surface area contributed by atoms with Gasteiger partial charge in [-0.25, -0.2) is 4.79 Å². The number of aromatic carboxylic acids is 1. The molecule has 88 valence electrons. The molecule has 0 unspecified atom stereocenters. The first-order valence-corrected chi connectivity index (χ1v) is 5.63. The van der Waals surface area contributed by atoms with Crippen molar-refractivity contribution in [1.82, 2.24) is 0 Å². The molecule has 0 aromatic heterocycles. The Bertz CT molecular complexity index is 330. The van der Waals surface area contributed by atoms with Gasteiger partial charge in [0.05, 0.1) is 11.7 Å². The third-order valence-electron chi connectivity index (χ3n) is 2.40. The fraction of sp³-hybridized carbons (Fsp3) is 0.462. The number of rotatable bonds is 6. The van der Waals surface area contributed by atoms with Crippen LogP contribution < -0.4 is 4.74 Å².